The molecular formula is C33H31FN6O2S. The third kappa shape index (κ3) is 6.60. The van der Waals surface area contributed by atoms with Crippen LogP contribution in [0.1, 0.15) is 29.3 Å². The summed E-state index contributed by atoms with van der Waals surface area (Å²) in [7, 11) is 1.96. The van der Waals surface area contributed by atoms with Crippen LogP contribution in [0.2, 0.25) is 0 Å². The molecule has 2 aromatic heterocycles. The van der Waals surface area contributed by atoms with Crippen LogP contribution in [0.15, 0.2) is 90.2 Å². The van der Waals surface area contributed by atoms with Gasteiger partial charge in [0.1, 0.15) is 11.6 Å². The lowest BCUT2D eigenvalue weighted by Gasteiger charge is -2.13. The van der Waals surface area contributed by atoms with E-state index >= 15 is 0 Å². The van der Waals surface area contributed by atoms with Gasteiger partial charge in [0.15, 0.2) is 5.16 Å². The van der Waals surface area contributed by atoms with Crippen LogP contribution in [0.4, 0.5) is 27.3 Å². The van der Waals surface area contributed by atoms with Gasteiger partial charge in [-0.15, -0.1) is 0 Å². The molecule has 0 aliphatic carbocycles. The first kappa shape index (κ1) is 29.5. The average molecular weight is 595 g/mol. The number of hydrogen-bond donors (Lipinski definition) is 3. The number of halogens is 1. The molecule has 2 amide bonds. The van der Waals surface area contributed by atoms with Crippen LogP contribution in [0.5, 0.6) is 0 Å². The zero-order chi connectivity index (χ0) is 30.5. The molecule has 0 saturated carbocycles. The van der Waals surface area contributed by atoms with E-state index in [4.69, 9.17) is 4.98 Å². The van der Waals surface area contributed by atoms with Crippen molar-refractivity contribution < 1.29 is 14.0 Å². The maximum atomic E-state index is 13.6. The van der Waals surface area contributed by atoms with Gasteiger partial charge in [-0.3, -0.25) is 9.59 Å². The SMILES string of the molecule is CCC(=O)Nc1cccc(C(=O)Nc2ccc(Nc3cc(-c4c(-c5ccc(F)cc5)nc(SC)n4C)ccn3)cc2)c1C. The molecule has 0 bridgehead atoms. The number of thioether (sulfide) groups is 1. The number of nitrogens with zero attached hydrogens (tertiary/aromatic N) is 3. The van der Waals surface area contributed by atoms with Gasteiger partial charge >= 0.3 is 0 Å². The van der Waals surface area contributed by atoms with E-state index in [2.05, 4.69) is 20.9 Å². The molecule has 5 aromatic rings. The van der Waals surface area contributed by atoms with E-state index < -0.39 is 0 Å². The molecule has 0 spiro atoms. The Balaban J connectivity index is 1.33. The quantitative estimate of drug-likeness (QED) is 0.152. The Morgan fingerprint density at radius 1 is 0.930 bits per heavy atom. The summed E-state index contributed by atoms with van der Waals surface area (Å²) in [6, 6.07) is 22.8. The van der Waals surface area contributed by atoms with E-state index in [1.807, 2.05) is 49.1 Å². The molecule has 0 unspecified atom stereocenters. The maximum Gasteiger partial charge on any atom is 0.256 e. The van der Waals surface area contributed by atoms with Gasteiger partial charge in [-0.2, -0.15) is 0 Å². The van der Waals surface area contributed by atoms with Crippen LogP contribution >= 0.6 is 11.8 Å². The van der Waals surface area contributed by atoms with Crippen molar-refractivity contribution in [2.75, 3.05) is 22.2 Å². The summed E-state index contributed by atoms with van der Waals surface area (Å²) in [5, 5.41) is 9.92. The van der Waals surface area contributed by atoms with Crippen LogP contribution in [0, 0.1) is 12.7 Å². The zero-order valence-corrected chi connectivity index (χ0v) is 25.1. The number of amides is 2. The molecule has 0 atom stereocenters. The lowest BCUT2D eigenvalue weighted by molar-refractivity contribution is -0.115. The smallest absolute Gasteiger partial charge is 0.256 e. The fourth-order valence-electron chi connectivity index (χ4n) is 4.69. The summed E-state index contributed by atoms with van der Waals surface area (Å²) in [5.41, 5.74) is 6.61. The third-order valence-corrected chi connectivity index (χ3v) is 7.71. The molecule has 218 valence electrons. The molecule has 0 aliphatic heterocycles. The number of carbonyl (C=O) groups excluding carboxylic acids is 2. The molecule has 2 heterocycles. The van der Waals surface area contributed by atoms with Crippen LogP contribution in [-0.2, 0) is 11.8 Å². The van der Waals surface area contributed by atoms with Crippen molar-refractivity contribution in [3.63, 3.8) is 0 Å². The van der Waals surface area contributed by atoms with Crippen molar-refractivity contribution >= 4 is 46.5 Å². The first-order valence-electron chi connectivity index (χ1n) is 13.7. The van der Waals surface area contributed by atoms with Gasteiger partial charge in [0, 0.05) is 53.4 Å². The second-order valence-electron chi connectivity index (χ2n) is 9.83. The second kappa shape index (κ2) is 12.9. The van der Waals surface area contributed by atoms with E-state index in [1.165, 1.54) is 23.9 Å². The maximum absolute atomic E-state index is 13.6. The minimum atomic E-state index is -0.297. The summed E-state index contributed by atoms with van der Waals surface area (Å²) < 4.78 is 15.6. The topological polar surface area (TPSA) is 101 Å². The Bertz CT molecular complexity index is 1780. The summed E-state index contributed by atoms with van der Waals surface area (Å²) in [6.07, 6.45) is 4.05. The van der Waals surface area contributed by atoms with Crippen LogP contribution in [0.25, 0.3) is 22.5 Å². The first-order valence-corrected chi connectivity index (χ1v) is 14.9. The predicted octanol–water partition coefficient (Wildman–Crippen LogP) is 7.66. The van der Waals surface area contributed by atoms with Crippen molar-refractivity contribution in [1.82, 2.24) is 14.5 Å². The van der Waals surface area contributed by atoms with E-state index in [0.29, 0.717) is 34.7 Å². The van der Waals surface area contributed by atoms with Gasteiger partial charge < -0.3 is 20.5 Å². The highest BCUT2D eigenvalue weighted by Gasteiger charge is 2.19. The van der Waals surface area contributed by atoms with Gasteiger partial charge in [0.05, 0.1) is 11.4 Å². The van der Waals surface area contributed by atoms with Crippen LogP contribution < -0.4 is 16.0 Å². The van der Waals surface area contributed by atoms with E-state index in [0.717, 1.165) is 33.4 Å². The van der Waals surface area contributed by atoms with Crippen molar-refractivity contribution in [3.05, 3.63) is 102 Å². The molecule has 5 rings (SSSR count). The van der Waals surface area contributed by atoms with Gasteiger partial charge in [0.25, 0.3) is 5.91 Å². The number of anilines is 4. The Morgan fingerprint density at radius 3 is 2.35 bits per heavy atom. The monoisotopic (exact) mass is 594 g/mol. The van der Waals surface area contributed by atoms with Crippen molar-refractivity contribution in [2.45, 2.75) is 25.4 Å². The Labute approximate surface area is 253 Å². The lowest BCUT2D eigenvalue weighted by Crippen LogP contribution is -2.16. The predicted molar refractivity (Wildman–Crippen MR) is 171 cm³/mol. The number of hydrogen-bond acceptors (Lipinski definition) is 6. The second-order valence-corrected chi connectivity index (χ2v) is 10.6. The minimum Gasteiger partial charge on any atom is -0.340 e. The molecule has 0 radical (unpaired) electrons. The molecule has 10 heteroatoms. The van der Waals surface area contributed by atoms with Crippen molar-refractivity contribution in [1.29, 1.82) is 0 Å². The highest BCUT2D eigenvalue weighted by molar-refractivity contribution is 7.98. The highest BCUT2D eigenvalue weighted by Crippen LogP contribution is 2.35. The molecule has 3 N–H and O–H groups in total. The largest absolute Gasteiger partial charge is 0.340 e. The standard InChI is InChI=1S/C33H31FN6O2S/c1-5-29(41)38-27-8-6-7-26(20(27)2)32(42)37-25-15-13-24(14-16-25)36-28-19-22(17-18-35-28)31-30(39-33(43-4)40(31)3)21-9-11-23(34)12-10-21/h6-19H,5H2,1-4H3,(H,35,36)(H,37,42)(H,38,41). The minimum absolute atomic E-state index is 0.109. The molecule has 0 fully saturated rings. The molecule has 43 heavy (non-hydrogen) atoms. The number of rotatable bonds is 9. The fourth-order valence-corrected chi connectivity index (χ4v) is 5.23. The van der Waals surface area contributed by atoms with Gasteiger partial charge in [-0.25, -0.2) is 14.4 Å². The van der Waals surface area contributed by atoms with E-state index in [-0.39, 0.29) is 17.6 Å². The normalized spacial score (nSPS) is 10.8. The van der Waals surface area contributed by atoms with E-state index in [9.17, 15) is 14.0 Å². The molecule has 8 nitrogen and oxygen atoms in total. The van der Waals surface area contributed by atoms with Crippen molar-refractivity contribution in [2.24, 2.45) is 7.05 Å². The van der Waals surface area contributed by atoms with E-state index in [1.54, 1.807) is 55.6 Å². The molecule has 0 saturated heterocycles. The summed E-state index contributed by atoms with van der Waals surface area (Å²) in [5.74, 6) is -0.0399. The zero-order valence-electron chi connectivity index (χ0n) is 24.2. The lowest BCUT2D eigenvalue weighted by atomic mass is 10.1. The Hall–Kier alpha value is -4.96. The summed E-state index contributed by atoms with van der Waals surface area (Å²) >= 11 is 1.54. The number of aromatic nitrogens is 3. The van der Waals surface area contributed by atoms with Gasteiger partial charge in [0.2, 0.25) is 5.91 Å². The van der Waals surface area contributed by atoms with Crippen LogP contribution in [-0.4, -0.2) is 32.6 Å². The number of benzene rings is 3. The third-order valence-electron chi connectivity index (χ3n) is 6.98. The number of imidazole rings is 1. The number of nitrogens with one attached hydrogen (secondary N) is 3. The first-order chi connectivity index (χ1) is 20.8. The fraction of sp³-hybridized carbons (Fsp3) is 0.152. The number of pyridine rings is 1. The van der Waals surface area contributed by atoms with Gasteiger partial charge in [-0.05, 0) is 91.5 Å². The molecule has 0 aliphatic rings. The summed E-state index contributed by atoms with van der Waals surface area (Å²) in [4.78, 5) is 34.1. The molecular weight excluding hydrogens is 563 g/mol. The average Bonchev–Trinajstić information content (AvgIpc) is 3.35. The van der Waals surface area contributed by atoms with Crippen LogP contribution in [0.3, 0.4) is 0 Å². The Morgan fingerprint density at radius 2 is 1.65 bits per heavy atom. The Kier molecular flexibility index (Phi) is 8.87. The number of carbonyl (C=O) groups is 2. The van der Waals surface area contributed by atoms with Gasteiger partial charge in [-0.1, -0.05) is 24.8 Å². The summed E-state index contributed by atoms with van der Waals surface area (Å²) in [6.45, 7) is 3.59. The van der Waals surface area contributed by atoms with Crippen molar-refractivity contribution in [3.8, 4) is 22.5 Å². The highest BCUT2D eigenvalue weighted by atomic mass is 32.2. The molecule has 3 aromatic carbocycles.